The zero-order chi connectivity index (χ0) is 15.0. The molecule has 3 rings (SSSR count). The first-order chi connectivity index (χ1) is 10.1. The van der Waals surface area contributed by atoms with Gasteiger partial charge in [0.05, 0.1) is 5.39 Å². The lowest BCUT2D eigenvalue weighted by molar-refractivity contribution is 0.338. The third kappa shape index (κ3) is 1.84. The highest BCUT2D eigenvalue weighted by molar-refractivity contribution is 5.87. The molecule has 2 N–H and O–H groups in total. The van der Waals surface area contributed by atoms with E-state index in [0.717, 1.165) is 24.9 Å². The van der Waals surface area contributed by atoms with Crippen molar-refractivity contribution in [3.63, 3.8) is 0 Å². The number of aromatic nitrogens is 3. The van der Waals surface area contributed by atoms with Gasteiger partial charge in [-0.25, -0.2) is 9.97 Å². The number of hydrogen-bond acceptors (Lipinski definition) is 4. The van der Waals surface area contributed by atoms with E-state index in [0.29, 0.717) is 17.4 Å². The second kappa shape index (κ2) is 4.57. The lowest BCUT2D eigenvalue weighted by Crippen LogP contribution is -2.49. The van der Waals surface area contributed by atoms with Crippen LogP contribution >= 0.6 is 0 Å². The lowest BCUT2D eigenvalue weighted by atomic mass is 9.93. The third-order valence-electron chi connectivity index (χ3n) is 3.67. The Bertz CT molecular complexity index is 629. The van der Waals surface area contributed by atoms with Crippen molar-refractivity contribution in [3.05, 3.63) is 18.6 Å². The minimum absolute atomic E-state index is 0.0196. The average Bonchev–Trinajstić information content (AvgIpc) is 2.88. The summed E-state index contributed by atoms with van der Waals surface area (Å²) in [5.41, 5.74) is 0.576. The maximum absolute atomic E-state index is 7.93. The number of hydrogen-bond donors (Lipinski definition) is 2. The van der Waals surface area contributed by atoms with Gasteiger partial charge < -0.3 is 15.2 Å². The van der Waals surface area contributed by atoms with Gasteiger partial charge in [-0.3, -0.25) is 0 Å². The molecule has 18 heavy (non-hydrogen) atoms. The second-order valence-corrected chi connectivity index (χ2v) is 4.83. The summed E-state index contributed by atoms with van der Waals surface area (Å²) < 4.78 is 23.6. The van der Waals surface area contributed by atoms with Gasteiger partial charge in [0.15, 0.2) is 0 Å². The standard InChI is InChI=1S/C13H19N5/c1-9-3-5-14-7-11(9)18(2)13-10-4-6-15-12(10)16-8-17-13/h4,6,8-9,11,14H,3,5,7H2,1-2H3,(H,15,16,17)/t9-,11+/m1/s1/i2D2,8D. The van der Waals surface area contributed by atoms with Gasteiger partial charge in [0, 0.05) is 28.5 Å². The molecular weight excluding hydrogens is 226 g/mol. The van der Waals surface area contributed by atoms with E-state index >= 15 is 0 Å². The normalized spacial score (nSPS) is 26.9. The smallest absolute Gasteiger partial charge is 0.142 e. The summed E-state index contributed by atoms with van der Waals surface area (Å²) in [6.07, 6.45) is 2.65. The summed E-state index contributed by atoms with van der Waals surface area (Å²) in [4.78, 5) is 12.9. The number of piperidine rings is 1. The predicted octanol–water partition coefficient (Wildman–Crippen LogP) is 1.39. The number of nitrogens with one attached hydrogen (secondary N) is 2. The molecular formula is C13H19N5. The Kier molecular flexibility index (Phi) is 2.15. The molecule has 2 aromatic rings. The van der Waals surface area contributed by atoms with Gasteiger partial charge in [-0.05, 0) is 24.9 Å². The van der Waals surface area contributed by atoms with Crippen molar-refractivity contribution < 1.29 is 4.11 Å². The molecule has 1 fully saturated rings. The van der Waals surface area contributed by atoms with E-state index in [1.807, 2.05) is 6.07 Å². The highest BCUT2D eigenvalue weighted by atomic mass is 15.2. The first kappa shape index (κ1) is 8.48. The number of anilines is 1. The molecule has 2 aromatic heterocycles. The number of rotatable bonds is 2. The molecule has 0 amide bonds. The van der Waals surface area contributed by atoms with Crippen LogP contribution in [0.25, 0.3) is 11.0 Å². The van der Waals surface area contributed by atoms with Crippen LogP contribution in [0.2, 0.25) is 0 Å². The van der Waals surface area contributed by atoms with E-state index in [-0.39, 0.29) is 12.3 Å². The second-order valence-electron chi connectivity index (χ2n) is 4.83. The van der Waals surface area contributed by atoms with Gasteiger partial charge in [0.2, 0.25) is 0 Å². The summed E-state index contributed by atoms with van der Waals surface area (Å²) in [5, 5.41) is 4.08. The molecule has 1 aliphatic rings. The van der Waals surface area contributed by atoms with E-state index in [1.165, 1.54) is 0 Å². The number of nitrogens with zero attached hydrogens (tertiary/aromatic N) is 3. The zero-order valence-electron chi connectivity index (χ0n) is 13.3. The summed E-state index contributed by atoms with van der Waals surface area (Å²) >= 11 is 0. The minimum Gasteiger partial charge on any atom is -0.354 e. The van der Waals surface area contributed by atoms with Gasteiger partial charge in [-0.1, -0.05) is 6.92 Å². The molecule has 0 spiro atoms. The fraction of sp³-hybridized carbons (Fsp3) is 0.538. The Morgan fingerprint density at radius 1 is 1.56 bits per heavy atom. The fourth-order valence-corrected chi connectivity index (χ4v) is 2.52. The predicted molar refractivity (Wildman–Crippen MR) is 72.7 cm³/mol. The number of likely N-dealkylation sites (N-methyl/N-ethyl adjacent to an activating group) is 1. The quantitative estimate of drug-likeness (QED) is 0.843. The van der Waals surface area contributed by atoms with Crippen LogP contribution in [-0.4, -0.2) is 41.1 Å². The van der Waals surface area contributed by atoms with Crippen molar-refractivity contribution in [1.29, 1.82) is 0 Å². The maximum Gasteiger partial charge on any atom is 0.142 e. The number of fused-ring (bicyclic) bond motifs is 1. The Hall–Kier alpha value is -1.62. The van der Waals surface area contributed by atoms with E-state index in [9.17, 15) is 0 Å². The molecule has 0 aromatic carbocycles. The molecule has 5 nitrogen and oxygen atoms in total. The highest BCUT2D eigenvalue weighted by Crippen LogP contribution is 2.26. The third-order valence-corrected chi connectivity index (χ3v) is 3.67. The largest absolute Gasteiger partial charge is 0.354 e. The van der Waals surface area contributed by atoms with Gasteiger partial charge >= 0.3 is 0 Å². The molecule has 3 heterocycles. The van der Waals surface area contributed by atoms with Gasteiger partial charge in [-0.2, -0.15) is 0 Å². The Balaban J connectivity index is 2.08. The summed E-state index contributed by atoms with van der Waals surface area (Å²) in [7, 11) is 0. The van der Waals surface area contributed by atoms with Crippen molar-refractivity contribution in [2.75, 3.05) is 25.0 Å². The number of H-pyrrole nitrogens is 1. The highest BCUT2D eigenvalue weighted by Gasteiger charge is 2.26. The average molecular weight is 248 g/mol. The molecule has 0 bridgehead atoms. The molecule has 0 unspecified atom stereocenters. The molecule has 0 radical (unpaired) electrons. The molecule has 96 valence electrons. The Morgan fingerprint density at radius 3 is 3.33 bits per heavy atom. The van der Waals surface area contributed by atoms with Crippen molar-refractivity contribution in [1.82, 2.24) is 20.3 Å². The van der Waals surface area contributed by atoms with Crippen LogP contribution in [0.3, 0.4) is 0 Å². The molecule has 0 saturated carbocycles. The zero-order valence-corrected chi connectivity index (χ0v) is 10.3. The van der Waals surface area contributed by atoms with Crippen LogP contribution in [0.4, 0.5) is 5.82 Å². The molecule has 2 atom stereocenters. The molecule has 1 saturated heterocycles. The van der Waals surface area contributed by atoms with Crippen molar-refractivity contribution >= 4 is 16.9 Å². The number of aromatic amines is 1. The van der Waals surface area contributed by atoms with Crippen molar-refractivity contribution in [2.45, 2.75) is 19.4 Å². The van der Waals surface area contributed by atoms with Gasteiger partial charge in [0.25, 0.3) is 0 Å². The van der Waals surface area contributed by atoms with E-state index in [2.05, 4.69) is 27.2 Å². The minimum atomic E-state index is -1.18. The molecule has 5 heteroatoms. The summed E-state index contributed by atoms with van der Waals surface area (Å²) in [6.45, 7) is 2.64. The monoisotopic (exact) mass is 248 g/mol. The van der Waals surface area contributed by atoms with E-state index < -0.39 is 7.00 Å². The SMILES string of the molecule is [2H]c1nc(N(C([2H])[2H])[C@H]2CNCC[C@H]2C)c2cc[nH]c2n1. The molecule has 1 aliphatic heterocycles. The van der Waals surface area contributed by atoms with Crippen LogP contribution < -0.4 is 10.2 Å². The van der Waals surface area contributed by atoms with E-state index in [1.54, 1.807) is 11.1 Å². The van der Waals surface area contributed by atoms with Crippen LogP contribution in [0.1, 0.15) is 17.5 Å². The maximum atomic E-state index is 7.93. The van der Waals surface area contributed by atoms with E-state index in [4.69, 9.17) is 4.11 Å². The van der Waals surface area contributed by atoms with Crippen molar-refractivity contribution in [2.24, 2.45) is 5.92 Å². The topological polar surface area (TPSA) is 56.8 Å². The summed E-state index contributed by atoms with van der Waals surface area (Å²) in [5.74, 6) is 0.865. The Labute approximate surface area is 111 Å². The lowest BCUT2D eigenvalue weighted by Gasteiger charge is -2.37. The van der Waals surface area contributed by atoms with Gasteiger partial charge in [-0.15, -0.1) is 0 Å². The first-order valence-corrected chi connectivity index (χ1v) is 6.23. The van der Waals surface area contributed by atoms with Crippen LogP contribution in [-0.2, 0) is 0 Å². The summed E-state index contributed by atoms with van der Waals surface area (Å²) in [6, 6.07) is 1.85. The van der Waals surface area contributed by atoms with Gasteiger partial charge in [0.1, 0.15) is 19.1 Å². The Morgan fingerprint density at radius 2 is 2.50 bits per heavy atom. The van der Waals surface area contributed by atoms with Crippen LogP contribution in [0.5, 0.6) is 0 Å². The van der Waals surface area contributed by atoms with Crippen LogP contribution in [0.15, 0.2) is 18.6 Å². The van der Waals surface area contributed by atoms with Crippen molar-refractivity contribution in [3.8, 4) is 0 Å². The molecule has 0 aliphatic carbocycles. The first-order valence-electron chi connectivity index (χ1n) is 7.88. The fourth-order valence-electron chi connectivity index (χ4n) is 2.52. The van der Waals surface area contributed by atoms with Crippen LogP contribution in [0, 0.1) is 5.92 Å².